The highest BCUT2D eigenvalue weighted by molar-refractivity contribution is 6.01. The molecule has 0 radical (unpaired) electrons. The number of anilines is 1. The Labute approximate surface area is 197 Å². The molecule has 170 valence electrons. The Balaban J connectivity index is 1.47. The van der Waals surface area contributed by atoms with Gasteiger partial charge in [0, 0.05) is 30.1 Å². The van der Waals surface area contributed by atoms with Crippen LogP contribution in [0.4, 0.5) is 5.95 Å². The van der Waals surface area contributed by atoms with E-state index in [0.717, 1.165) is 39.4 Å². The molecule has 6 rings (SSSR count). The lowest BCUT2D eigenvalue weighted by molar-refractivity contribution is -0.116. The van der Waals surface area contributed by atoms with Crippen molar-refractivity contribution in [3.05, 3.63) is 89.4 Å². The number of para-hydroxylation sites is 2. The number of imidazole rings is 1. The smallest absolute Gasteiger partial charge is 0.209 e. The normalized spacial score (nSPS) is 19.4. The largest absolute Gasteiger partial charge is 0.493 e. The zero-order chi connectivity index (χ0) is 23.2. The molecule has 1 N–H and O–H groups in total. The van der Waals surface area contributed by atoms with E-state index in [2.05, 4.69) is 14.9 Å². The maximum Gasteiger partial charge on any atom is 0.209 e. The van der Waals surface area contributed by atoms with E-state index in [9.17, 15) is 4.79 Å². The van der Waals surface area contributed by atoms with Crippen LogP contribution in [0.25, 0.3) is 11.0 Å². The van der Waals surface area contributed by atoms with Crippen LogP contribution in [0.5, 0.6) is 11.5 Å². The number of hydrogen-bond donors (Lipinski definition) is 1. The lowest BCUT2D eigenvalue weighted by Gasteiger charge is -2.36. The van der Waals surface area contributed by atoms with Gasteiger partial charge in [0.15, 0.2) is 17.3 Å². The molecule has 2 atom stereocenters. The molecule has 0 fully saturated rings. The van der Waals surface area contributed by atoms with Gasteiger partial charge >= 0.3 is 0 Å². The molecule has 1 aliphatic carbocycles. The van der Waals surface area contributed by atoms with Crippen LogP contribution < -0.4 is 14.8 Å². The summed E-state index contributed by atoms with van der Waals surface area (Å²) in [5, 5.41) is 3.50. The summed E-state index contributed by atoms with van der Waals surface area (Å²) in [4.78, 5) is 22.9. The van der Waals surface area contributed by atoms with Crippen LogP contribution in [0.1, 0.15) is 35.9 Å². The van der Waals surface area contributed by atoms with E-state index in [1.807, 2.05) is 60.8 Å². The van der Waals surface area contributed by atoms with E-state index in [1.165, 1.54) is 0 Å². The fourth-order valence-corrected chi connectivity index (χ4v) is 5.22. The third-order valence-electron chi connectivity index (χ3n) is 6.78. The molecule has 2 aromatic heterocycles. The summed E-state index contributed by atoms with van der Waals surface area (Å²) in [6.45, 7) is 0. The number of pyridine rings is 1. The van der Waals surface area contributed by atoms with Crippen molar-refractivity contribution >= 4 is 22.8 Å². The van der Waals surface area contributed by atoms with E-state index >= 15 is 0 Å². The second-order valence-corrected chi connectivity index (χ2v) is 8.64. The minimum Gasteiger partial charge on any atom is -0.493 e. The molecular formula is C27H24N4O3. The molecule has 7 heteroatoms. The monoisotopic (exact) mass is 452 g/mol. The van der Waals surface area contributed by atoms with Crippen molar-refractivity contribution in [3.63, 3.8) is 0 Å². The molecule has 7 nitrogen and oxygen atoms in total. The zero-order valence-corrected chi connectivity index (χ0v) is 19.0. The number of hydrogen-bond acceptors (Lipinski definition) is 6. The molecule has 0 bridgehead atoms. The Morgan fingerprint density at radius 3 is 2.62 bits per heavy atom. The molecule has 1 aliphatic heterocycles. The van der Waals surface area contributed by atoms with Gasteiger partial charge in [0.1, 0.15) is 0 Å². The minimum atomic E-state index is -0.272. The van der Waals surface area contributed by atoms with Crippen molar-refractivity contribution in [2.24, 2.45) is 0 Å². The summed E-state index contributed by atoms with van der Waals surface area (Å²) in [6.07, 6.45) is 4.72. The summed E-state index contributed by atoms with van der Waals surface area (Å²) in [6, 6.07) is 17.6. The molecule has 34 heavy (non-hydrogen) atoms. The van der Waals surface area contributed by atoms with Gasteiger partial charge in [-0.05, 0) is 53.8 Å². The van der Waals surface area contributed by atoms with Gasteiger partial charge in [-0.3, -0.25) is 14.3 Å². The van der Waals surface area contributed by atoms with E-state index in [1.54, 1.807) is 20.4 Å². The first-order valence-corrected chi connectivity index (χ1v) is 11.3. The van der Waals surface area contributed by atoms with Crippen LogP contribution in [0, 0.1) is 0 Å². The van der Waals surface area contributed by atoms with Crippen molar-refractivity contribution in [2.45, 2.75) is 24.8 Å². The summed E-state index contributed by atoms with van der Waals surface area (Å²) < 4.78 is 13.0. The number of rotatable bonds is 4. The van der Waals surface area contributed by atoms with Gasteiger partial charge in [-0.2, -0.15) is 0 Å². The Hall–Kier alpha value is -4.13. The van der Waals surface area contributed by atoms with Gasteiger partial charge in [0.25, 0.3) is 0 Å². The minimum absolute atomic E-state index is 0.0315. The van der Waals surface area contributed by atoms with Crippen LogP contribution >= 0.6 is 0 Å². The van der Waals surface area contributed by atoms with Crippen LogP contribution in [-0.2, 0) is 4.79 Å². The lowest BCUT2D eigenvalue weighted by atomic mass is 9.78. The second kappa shape index (κ2) is 8.02. The molecular weight excluding hydrogens is 428 g/mol. The number of nitrogens with one attached hydrogen (secondary N) is 1. The fourth-order valence-electron chi connectivity index (χ4n) is 5.22. The number of nitrogens with zero attached hydrogens (tertiary/aromatic N) is 3. The highest BCUT2D eigenvalue weighted by Gasteiger charge is 2.39. The van der Waals surface area contributed by atoms with Crippen LogP contribution in [0.3, 0.4) is 0 Å². The van der Waals surface area contributed by atoms with Crippen molar-refractivity contribution in [1.29, 1.82) is 0 Å². The number of carbonyl (C=O) groups excluding carboxylic acids is 1. The Morgan fingerprint density at radius 2 is 1.82 bits per heavy atom. The first kappa shape index (κ1) is 20.5. The van der Waals surface area contributed by atoms with Crippen molar-refractivity contribution in [3.8, 4) is 11.5 Å². The van der Waals surface area contributed by atoms with Gasteiger partial charge < -0.3 is 14.8 Å². The van der Waals surface area contributed by atoms with Crippen molar-refractivity contribution < 1.29 is 14.3 Å². The first-order valence-electron chi connectivity index (χ1n) is 11.3. The number of allylic oxidation sites excluding steroid dienone is 2. The van der Waals surface area contributed by atoms with Gasteiger partial charge in [0.05, 0.1) is 31.3 Å². The van der Waals surface area contributed by atoms with Gasteiger partial charge in [-0.25, -0.2) is 4.98 Å². The molecule has 2 aromatic carbocycles. The summed E-state index contributed by atoms with van der Waals surface area (Å²) in [7, 11) is 3.25. The SMILES string of the molecule is COc1ccc([C@@H]2CC(=O)C3=C(C2)Nc2nc4ccccc4n2[C@H]3c2cccnc2)cc1OC. The standard InChI is InChI=1S/C27H24N4O3/c1-33-23-10-9-16(14-24(23)34-2)18-12-20-25(22(32)13-18)26(17-6-5-11-28-15-17)31-21-8-4-3-7-19(21)29-27(31)30-20/h3-11,14-15,18,26H,12-13H2,1-2H3,(H,29,30)/t18-,26-/m0/s1. The number of Topliss-reactive ketones (excluding diaryl/α,β-unsaturated/α-hetero) is 1. The molecule has 0 amide bonds. The maximum absolute atomic E-state index is 13.7. The average molecular weight is 453 g/mol. The van der Waals surface area contributed by atoms with Gasteiger partial charge in [-0.1, -0.05) is 24.3 Å². The molecule has 0 saturated heterocycles. The molecule has 4 aromatic rings. The number of ether oxygens (including phenoxy) is 2. The third-order valence-corrected chi connectivity index (χ3v) is 6.78. The number of methoxy groups -OCH3 is 2. The number of ketones is 1. The lowest BCUT2D eigenvalue weighted by Crippen LogP contribution is -2.33. The summed E-state index contributed by atoms with van der Waals surface area (Å²) in [5.41, 5.74) is 5.62. The molecule has 3 heterocycles. The number of carbonyl (C=O) groups is 1. The van der Waals surface area contributed by atoms with Crippen LogP contribution in [-0.4, -0.2) is 34.5 Å². The van der Waals surface area contributed by atoms with Crippen LogP contribution in [0.2, 0.25) is 0 Å². The number of aromatic nitrogens is 3. The Morgan fingerprint density at radius 1 is 0.971 bits per heavy atom. The van der Waals surface area contributed by atoms with E-state index < -0.39 is 0 Å². The van der Waals surface area contributed by atoms with E-state index in [4.69, 9.17) is 14.5 Å². The van der Waals surface area contributed by atoms with Gasteiger partial charge in [0.2, 0.25) is 5.95 Å². The predicted octanol–water partition coefficient (Wildman–Crippen LogP) is 4.86. The Kier molecular flexibility index (Phi) is 4.83. The summed E-state index contributed by atoms with van der Waals surface area (Å²) in [5.74, 6) is 2.25. The highest BCUT2D eigenvalue weighted by atomic mass is 16.5. The first-order chi connectivity index (χ1) is 16.7. The van der Waals surface area contributed by atoms with E-state index in [-0.39, 0.29) is 17.7 Å². The van der Waals surface area contributed by atoms with Crippen molar-refractivity contribution in [2.75, 3.05) is 19.5 Å². The molecule has 0 spiro atoms. The molecule has 2 aliphatic rings. The summed E-state index contributed by atoms with van der Waals surface area (Å²) >= 11 is 0. The molecule has 0 saturated carbocycles. The predicted molar refractivity (Wildman–Crippen MR) is 129 cm³/mol. The van der Waals surface area contributed by atoms with Crippen LogP contribution in [0.15, 0.2) is 78.3 Å². The van der Waals surface area contributed by atoms with Crippen molar-refractivity contribution in [1.82, 2.24) is 14.5 Å². The molecule has 0 unspecified atom stereocenters. The topological polar surface area (TPSA) is 78.3 Å². The maximum atomic E-state index is 13.7. The van der Waals surface area contributed by atoms with Gasteiger partial charge in [-0.15, -0.1) is 0 Å². The average Bonchev–Trinajstić information content (AvgIpc) is 3.25. The Bertz CT molecular complexity index is 1440. The second-order valence-electron chi connectivity index (χ2n) is 8.64. The van der Waals surface area contributed by atoms with E-state index in [0.29, 0.717) is 24.3 Å². The zero-order valence-electron chi connectivity index (χ0n) is 19.0. The number of fused-ring (bicyclic) bond motifs is 3. The number of benzene rings is 2. The highest BCUT2D eigenvalue weighted by Crippen LogP contribution is 2.46. The fraction of sp³-hybridized carbons (Fsp3) is 0.222. The third kappa shape index (κ3) is 3.15. The quantitative estimate of drug-likeness (QED) is 0.476.